The minimum absolute atomic E-state index is 0. The van der Waals surface area contributed by atoms with E-state index in [1.807, 2.05) is 48.6 Å². The molecule has 45 heavy (non-hydrogen) atoms. The van der Waals surface area contributed by atoms with Crippen LogP contribution < -0.4 is 9.47 Å². The quantitative estimate of drug-likeness (QED) is 0.266. The summed E-state index contributed by atoms with van der Waals surface area (Å²) in [6.45, 7) is 25.8. The van der Waals surface area contributed by atoms with Gasteiger partial charge >= 0.3 is 21.1 Å². The van der Waals surface area contributed by atoms with E-state index in [9.17, 15) is 0 Å². The topological polar surface area (TPSA) is 97.2 Å². The summed E-state index contributed by atoms with van der Waals surface area (Å²) >= 11 is 0. The van der Waals surface area contributed by atoms with E-state index in [0.717, 1.165) is 22.3 Å². The van der Waals surface area contributed by atoms with Crippen molar-refractivity contribution in [2.45, 2.75) is 93.9 Å². The van der Waals surface area contributed by atoms with E-state index >= 15 is 0 Å². The van der Waals surface area contributed by atoms with E-state index in [1.54, 1.807) is 0 Å². The molecule has 0 aromatic carbocycles. The first kappa shape index (κ1) is 34.4. The fourth-order valence-electron chi connectivity index (χ4n) is 4.58. The molecule has 0 radical (unpaired) electrons. The zero-order valence-corrected chi connectivity index (χ0v) is 30.7. The number of rotatable bonds is 0. The van der Waals surface area contributed by atoms with Crippen LogP contribution in [0.3, 0.4) is 0 Å². The van der Waals surface area contributed by atoms with Crippen LogP contribution >= 0.6 is 0 Å². The van der Waals surface area contributed by atoms with Gasteiger partial charge in [0.2, 0.25) is 11.8 Å². The van der Waals surface area contributed by atoms with Gasteiger partial charge in [0.25, 0.3) is 0 Å². The molecule has 0 saturated heterocycles. The van der Waals surface area contributed by atoms with E-state index in [-0.39, 0.29) is 42.7 Å². The molecule has 0 saturated carbocycles. The average Bonchev–Trinajstić information content (AvgIpc) is 2.85. The predicted molar refractivity (Wildman–Crippen MR) is 179 cm³/mol. The molecule has 240 valence electrons. The third-order valence-electron chi connectivity index (χ3n) is 7.49. The number of aromatic nitrogens is 2. The number of nitrogens with zero attached hydrogens (tertiary/aromatic N) is 6. The Bertz CT molecular complexity index is 1560. The van der Waals surface area contributed by atoms with Crippen molar-refractivity contribution in [2.75, 3.05) is 0 Å². The molecular formula is C36H44N6O2Pt. The molecule has 5 rings (SSSR count). The normalized spacial score (nSPS) is 16.9. The zero-order valence-electron chi connectivity index (χ0n) is 28.4. The summed E-state index contributed by atoms with van der Waals surface area (Å²) in [5, 5.41) is 9.55. The second-order valence-corrected chi connectivity index (χ2v) is 15.6. The fourth-order valence-corrected chi connectivity index (χ4v) is 4.58. The summed E-state index contributed by atoms with van der Waals surface area (Å²) in [7, 11) is 0. The van der Waals surface area contributed by atoms with E-state index in [1.165, 1.54) is 0 Å². The van der Waals surface area contributed by atoms with Gasteiger partial charge in [-0.25, -0.2) is 9.97 Å². The number of aliphatic imine (C=N–C) groups is 2. The summed E-state index contributed by atoms with van der Waals surface area (Å²) in [6.07, 6.45) is 7.84. The molecule has 9 heteroatoms. The van der Waals surface area contributed by atoms with Crippen molar-refractivity contribution >= 4 is 23.3 Å². The van der Waals surface area contributed by atoms with Crippen LogP contribution in [0, 0.1) is 10.8 Å². The van der Waals surface area contributed by atoms with Crippen molar-refractivity contribution in [2.24, 2.45) is 20.8 Å². The number of fused-ring (bicyclic) bond motifs is 8. The number of amidine groups is 2. The van der Waals surface area contributed by atoms with Crippen molar-refractivity contribution in [3.05, 3.63) is 93.2 Å². The van der Waals surface area contributed by atoms with Gasteiger partial charge in [-0.15, -0.1) is 0 Å². The second-order valence-electron chi connectivity index (χ2n) is 15.6. The first-order valence-electron chi connectivity index (χ1n) is 15.1. The molecule has 3 aliphatic rings. The molecule has 0 N–H and O–H groups in total. The van der Waals surface area contributed by atoms with Crippen LogP contribution in [-0.2, 0) is 31.9 Å². The van der Waals surface area contributed by atoms with Crippen LogP contribution in [0.1, 0.15) is 94.2 Å². The van der Waals surface area contributed by atoms with E-state index in [4.69, 9.17) is 40.1 Å². The van der Waals surface area contributed by atoms with Crippen LogP contribution in [-0.4, -0.2) is 21.6 Å². The van der Waals surface area contributed by atoms with E-state index in [0.29, 0.717) is 46.8 Å². The molecule has 0 aliphatic carbocycles. The molecule has 0 atom stereocenters. The average molecular weight is 788 g/mol. The third-order valence-corrected chi connectivity index (χ3v) is 7.49. The smallest absolute Gasteiger partial charge is 0.443 e. The summed E-state index contributed by atoms with van der Waals surface area (Å²) in [6, 6.07) is 7.84. The Labute approximate surface area is 282 Å². The van der Waals surface area contributed by atoms with Crippen molar-refractivity contribution in [3.63, 3.8) is 0 Å². The molecule has 3 aliphatic heterocycles. The van der Waals surface area contributed by atoms with Crippen molar-refractivity contribution in [3.8, 4) is 11.8 Å². The first-order chi connectivity index (χ1) is 20.2. The standard InChI is InChI=1S/C36H44N6O2.Pt/c1-33(2,3)21-13-25-37-26-14-22(34(4,5)6)19-31(40-26)44-32-20-24(36(10,11)12)16-28(42-32)38-27-15-23(35(7,8)9)18-30(41-27)43-29(17-21)39-25;/h13-20H,1-12H3;/q-2;+2. The van der Waals surface area contributed by atoms with Gasteiger partial charge in [0.05, 0.1) is 11.6 Å². The summed E-state index contributed by atoms with van der Waals surface area (Å²) in [4.78, 5) is 19.3. The minimum atomic E-state index is -0.179. The third kappa shape index (κ3) is 8.40. The molecule has 2 aromatic rings. The maximum atomic E-state index is 6.39. The van der Waals surface area contributed by atoms with Crippen LogP contribution in [0.5, 0.6) is 11.8 Å². The van der Waals surface area contributed by atoms with Crippen molar-refractivity contribution in [1.29, 1.82) is 0 Å². The maximum absolute atomic E-state index is 6.39. The number of ether oxygens (including phenoxy) is 2. The molecule has 0 amide bonds. The molecule has 0 fully saturated rings. The SMILES string of the molecule is CC(C)(C)C1=CC2=Nc3cc(C(C)(C)C)cc(n3)OC3=CC(C(C)(C)C)=CC(=Nc4cc(C(C)(C)C)cc(n4)OC(=C1)[N-]2)[N-]3.[Pt+2]. The summed E-state index contributed by atoms with van der Waals surface area (Å²) < 4.78 is 12.8. The largest absolute Gasteiger partial charge is 2.00 e. The first-order valence-corrected chi connectivity index (χ1v) is 15.1. The van der Waals surface area contributed by atoms with Crippen LogP contribution in [0.25, 0.3) is 10.6 Å². The van der Waals surface area contributed by atoms with Gasteiger partial charge in [0, 0.05) is 12.1 Å². The molecule has 5 heterocycles. The van der Waals surface area contributed by atoms with Crippen molar-refractivity contribution < 1.29 is 30.5 Å². The monoisotopic (exact) mass is 787 g/mol. The summed E-state index contributed by atoms with van der Waals surface area (Å²) in [5.74, 6) is 3.51. The Morgan fingerprint density at radius 2 is 0.844 bits per heavy atom. The number of pyridine rings is 2. The molecular weight excluding hydrogens is 744 g/mol. The number of hydrogen-bond donors (Lipinski definition) is 0. The van der Waals surface area contributed by atoms with E-state index < -0.39 is 0 Å². The summed E-state index contributed by atoms with van der Waals surface area (Å²) in [5.41, 5.74) is 3.38. The Morgan fingerprint density at radius 3 is 1.16 bits per heavy atom. The maximum Gasteiger partial charge on any atom is 2.00 e. The number of hydrogen-bond acceptors (Lipinski definition) is 6. The van der Waals surface area contributed by atoms with Gasteiger partial charge < -0.3 is 30.1 Å². The molecule has 0 unspecified atom stereocenters. The van der Waals surface area contributed by atoms with Gasteiger partial charge in [-0.2, -0.15) is 0 Å². The van der Waals surface area contributed by atoms with Gasteiger partial charge in [-0.3, -0.25) is 0 Å². The molecule has 0 spiro atoms. The van der Waals surface area contributed by atoms with Gasteiger partial charge in [-0.1, -0.05) is 107 Å². The van der Waals surface area contributed by atoms with Gasteiger partial charge in [0.15, 0.2) is 0 Å². The Hall–Kier alpha value is -3.51. The molecule has 8 bridgehead atoms. The van der Waals surface area contributed by atoms with Gasteiger partial charge in [0.1, 0.15) is 11.8 Å². The van der Waals surface area contributed by atoms with Gasteiger partial charge in [-0.05, 0) is 68.2 Å². The zero-order chi connectivity index (χ0) is 32.2. The van der Waals surface area contributed by atoms with Crippen LogP contribution in [0.4, 0.5) is 11.6 Å². The molecule has 8 nitrogen and oxygen atoms in total. The second kappa shape index (κ2) is 12.0. The predicted octanol–water partition coefficient (Wildman–Crippen LogP) is 10.0. The van der Waals surface area contributed by atoms with Crippen LogP contribution in [0.2, 0.25) is 0 Å². The minimum Gasteiger partial charge on any atom is -0.443 e. The fraction of sp³-hybridized carbons (Fsp3) is 0.444. The Kier molecular flexibility index (Phi) is 9.18. The van der Waals surface area contributed by atoms with Crippen molar-refractivity contribution in [1.82, 2.24) is 9.97 Å². The Morgan fingerprint density at radius 1 is 0.489 bits per heavy atom. The van der Waals surface area contributed by atoms with E-state index in [2.05, 4.69) is 83.1 Å². The Balaban J connectivity index is 0.00000461. The number of allylic oxidation sites excluding steroid dienone is 4. The van der Waals surface area contributed by atoms with Crippen LogP contribution in [0.15, 0.2) is 81.5 Å². The molecule has 2 aromatic heterocycles.